The molecule has 0 aliphatic carbocycles. The Balaban J connectivity index is 1.81. The summed E-state index contributed by atoms with van der Waals surface area (Å²) >= 11 is 0. The van der Waals surface area contributed by atoms with E-state index >= 15 is 0 Å². The Morgan fingerprint density at radius 1 is 1.33 bits per heavy atom. The van der Waals surface area contributed by atoms with E-state index in [0.717, 1.165) is 37.0 Å². The van der Waals surface area contributed by atoms with Gasteiger partial charge in [-0.15, -0.1) is 0 Å². The highest BCUT2D eigenvalue weighted by atomic mass is 16.5. The van der Waals surface area contributed by atoms with Crippen molar-refractivity contribution < 1.29 is 4.74 Å². The standard InChI is InChI=1S/C18H22N4O2/c1-24-17-12-21(7-6-15(17)20)8-9-22-16-10-13(11-19)2-3-14(16)4-5-18(22)23/h2-5,10,15,17H,6-9,12,20H2,1H3. The Morgan fingerprint density at radius 2 is 2.12 bits per heavy atom. The molecule has 6 nitrogen and oxygen atoms in total. The molecule has 2 unspecified atom stereocenters. The molecule has 1 aliphatic rings. The normalized spacial score (nSPS) is 21.7. The highest BCUT2D eigenvalue weighted by Gasteiger charge is 2.26. The minimum Gasteiger partial charge on any atom is -0.379 e. The molecule has 1 fully saturated rings. The Labute approximate surface area is 141 Å². The molecule has 126 valence electrons. The van der Waals surface area contributed by atoms with Gasteiger partial charge in [-0.2, -0.15) is 5.26 Å². The summed E-state index contributed by atoms with van der Waals surface area (Å²) < 4.78 is 7.18. The van der Waals surface area contributed by atoms with Gasteiger partial charge in [-0.1, -0.05) is 6.07 Å². The van der Waals surface area contributed by atoms with Crippen molar-refractivity contribution in [2.75, 3.05) is 26.7 Å². The molecule has 2 N–H and O–H groups in total. The van der Waals surface area contributed by atoms with E-state index in [4.69, 9.17) is 15.7 Å². The van der Waals surface area contributed by atoms with Crippen molar-refractivity contribution in [3.05, 3.63) is 46.2 Å². The van der Waals surface area contributed by atoms with Crippen LogP contribution in [0, 0.1) is 11.3 Å². The second kappa shape index (κ2) is 7.14. The van der Waals surface area contributed by atoms with Gasteiger partial charge in [0.2, 0.25) is 0 Å². The number of methoxy groups -OCH3 is 1. The van der Waals surface area contributed by atoms with Gasteiger partial charge in [0.15, 0.2) is 0 Å². The van der Waals surface area contributed by atoms with E-state index in [1.54, 1.807) is 35.9 Å². The summed E-state index contributed by atoms with van der Waals surface area (Å²) in [5.74, 6) is 0. The lowest BCUT2D eigenvalue weighted by Crippen LogP contribution is -2.52. The number of nitrogens with zero attached hydrogens (tertiary/aromatic N) is 3. The minimum absolute atomic E-state index is 0.0354. The lowest BCUT2D eigenvalue weighted by Gasteiger charge is -2.36. The van der Waals surface area contributed by atoms with Gasteiger partial charge < -0.3 is 15.0 Å². The summed E-state index contributed by atoms with van der Waals surface area (Å²) in [6.07, 6.45) is 0.926. The second-order valence-corrected chi connectivity index (χ2v) is 6.24. The third-order valence-corrected chi connectivity index (χ3v) is 4.76. The molecule has 3 rings (SSSR count). The molecule has 1 saturated heterocycles. The number of benzene rings is 1. The number of ether oxygens (including phenoxy) is 1. The fourth-order valence-electron chi connectivity index (χ4n) is 3.28. The maximum absolute atomic E-state index is 12.3. The van der Waals surface area contributed by atoms with Crippen LogP contribution in [0.2, 0.25) is 0 Å². The SMILES string of the molecule is COC1CN(CCn2c(=O)ccc3ccc(C#N)cc32)CCC1N. The predicted octanol–water partition coefficient (Wildman–Crippen LogP) is 0.921. The van der Waals surface area contributed by atoms with Crippen LogP contribution in [0.5, 0.6) is 0 Å². The summed E-state index contributed by atoms with van der Waals surface area (Å²) in [4.78, 5) is 14.6. The van der Waals surface area contributed by atoms with E-state index < -0.39 is 0 Å². The molecule has 2 atom stereocenters. The first-order valence-corrected chi connectivity index (χ1v) is 8.17. The molecule has 1 aromatic carbocycles. The molecule has 1 aromatic heterocycles. The predicted molar refractivity (Wildman–Crippen MR) is 92.8 cm³/mol. The number of pyridine rings is 1. The third kappa shape index (κ3) is 3.34. The molecule has 0 radical (unpaired) electrons. The van der Waals surface area contributed by atoms with Crippen LogP contribution in [0.15, 0.2) is 35.1 Å². The van der Waals surface area contributed by atoms with Gasteiger partial charge in [0.25, 0.3) is 5.56 Å². The van der Waals surface area contributed by atoms with Crippen molar-refractivity contribution >= 4 is 10.9 Å². The molecular formula is C18H22N4O2. The summed E-state index contributed by atoms with van der Waals surface area (Å²) in [5, 5.41) is 10.1. The van der Waals surface area contributed by atoms with Gasteiger partial charge in [-0.25, -0.2) is 0 Å². The Hall–Kier alpha value is -2.20. The zero-order valence-electron chi connectivity index (χ0n) is 13.8. The maximum Gasteiger partial charge on any atom is 0.251 e. The molecule has 0 bridgehead atoms. The zero-order chi connectivity index (χ0) is 17.1. The molecule has 2 aromatic rings. The van der Waals surface area contributed by atoms with Crippen LogP contribution >= 0.6 is 0 Å². The van der Waals surface area contributed by atoms with E-state index in [0.29, 0.717) is 12.1 Å². The van der Waals surface area contributed by atoms with Gasteiger partial charge in [0.05, 0.1) is 23.3 Å². The number of fused-ring (bicyclic) bond motifs is 1. The highest BCUT2D eigenvalue weighted by molar-refractivity contribution is 5.80. The van der Waals surface area contributed by atoms with Gasteiger partial charge in [0, 0.05) is 38.9 Å². The number of piperidine rings is 1. The molecule has 6 heteroatoms. The molecular weight excluding hydrogens is 304 g/mol. The van der Waals surface area contributed by atoms with Gasteiger partial charge in [0.1, 0.15) is 0 Å². The first-order valence-electron chi connectivity index (χ1n) is 8.17. The number of likely N-dealkylation sites (tertiary alicyclic amines) is 1. The Bertz CT molecular complexity index is 824. The van der Waals surface area contributed by atoms with E-state index in [1.807, 2.05) is 6.07 Å². The van der Waals surface area contributed by atoms with Crippen LogP contribution in [-0.4, -0.2) is 48.4 Å². The second-order valence-electron chi connectivity index (χ2n) is 6.24. The number of hydrogen-bond acceptors (Lipinski definition) is 5. The molecule has 0 spiro atoms. The summed E-state index contributed by atoms with van der Waals surface area (Å²) in [6, 6.07) is 11.0. The summed E-state index contributed by atoms with van der Waals surface area (Å²) in [7, 11) is 1.69. The topological polar surface area (TPSA) is 84.3 Å². The lowest BCUT2D eigenvalue weighted by molar-refractivity contribution is 0.0158. The number of nitrogens with two attached hydrogens (primary N) is 1. The van der Waals surface area contributed by atoms with Crippen molar-refractivity contribution in [1.82, 2.24) is 9.47 Å². The molecule has 2 heterocycles. The molecule has 0 amide bonds. The Kier molecular flexibility index (Phi) is 4.95. The lowest BCUT2D eigenvalue weighted by atomic mass is 10.0. The van der Waals surface area contributed by atoms with Crippen LogP contribution in [0.3, 0.4) is 0 Å². The minimum atomic E-state index is -0.0467. The van der Waals surface area contributed by atoms with Crippen molar-refractivity contribution in [3.63, 3.8) is 0 Å². The quantitative estimate of drug-likeness (QED) is 0.903. The monoisotopic (exact) mass is 326 g/mol. The fraction of sp³-hybridized carbons (Fsp3) is 0.444. The van der Waals surface area contributed by atoms with Gasteiger partial charge >= 0.3 is 0 Å². The number of nitriles is 1. The van der Waals surface area contributed by atoms with Crippen LogP contribution in [-0.2, 0) is 11.3 Å². The van der Waals surface area contributed by atoms with Crippen molar-refractivity contribution in [3.8, 4) is 6.07 Å². The third-order valence-electron chi connectivity index (χ3n) is 4.76. The average molecular weight is 326 g/mol. The van der Waals surface area contributed by atoms with Crippen LogP contribution in [0.1, 0.15) is 12.0 Å². The van der Waals surface area contributed by atoms with Gasteiger partial charge in [-0.3, -0.25) is 9.69 Å². The fourth-order valence-corrected chi connectivity index (χ4v) is 3.28. The zero-order valence-corrected chi connectivity index (χ0v) is 13.8. The highest BCUT2D eigenvalue weighted by Crippen LogP contribution is 2.15. The smallest absolute Gasteiger partial charge is 0.251 e. The maximum atomic E-state index is 12.3. The number of rotatable bonds is 4. The average Bonchev–Trinajstić information content (AvgIpc) is 2.61. The molecule has 1 aliphatic heterocycles. The largest absolute Gasteiger partial charge is 0.379 e. The molecule has 24 heavy (non-hydrogen) atoms. The van der Waals surface area contributed by atoms with Crippen molar-refractivity contribution in [1.29, 1.82) is 5.26 Å². The first-order chi connectivity index (χ1) is 11.6. The van der Waals surface area contributed by atoms with Crippen LogP contribution in [0.25, 0.3) is 10.9 Å². The first kappa shape index (κ1) is 16.7. The van der Waals surface area contributed by atoms with E-state index in [-0.39, 0.29) is 17.7 Å². The Morgan fingerprint density at radius 3 is 2.88 bits per heavy atom. The van der Waals surface area contributed by atoms with E-state index in [9.17, 15) is 4.79 Å². The van der Waals surface area contributed by atoms with Gasteiger partial charge in [-0.05, 0) is 36.6 Å². The van der Waals surface area contributed by atoms with Crippen molar-refractivity contribution in [2.24, 2.45) is 5.73 Å². The van der Waals surface area contributed by atoms with E-state index in [2.05, 4.69) is 11.0 Å². The summed E-state index contributed by atoms with van der Waals surface area (Å²) in [6.45, 7) is 3.02. The number of aromatic nitrogens is 1. The molecule has 0 saturated carbocycles. The van der Waals surface area contributed by atoms with Crippen molar-refractivity contribution in [2.45, 2.75) is 25.1 Å². The summed E-state index contributed by atoms with van der Waals surface area (Å²) in [5.41, 5.74) is 7.37. The van der Waals surface area contributed by atoms with E-state index in [1.165, 1.54) is 0 Å². The van der Waals surface area contributed by atoms with Crippen LogP contribution < -0.4 is 11.3 Å². The number of hydrogen-bond donors (Lipinski definition) is 1. The van der Waals surface area contributed by atoms with Crippen LogP contribution in [0.4, 0.5) is 0 Å².